The number of pyridine rings is 1. The van der Waals surface area contributed by atoms with Crippen molar-refractivity contribution < 1.29 is 19.3 Å². The zero-order chi connectivity index (χ0) is 23.1. The Morgan fingerprint density at radius 1 is 0.818 bits per heavy atom. The van der Waals surface area contributed by atoms with Gasteiger partial charge in [-0.2, -0.15) is 9.67 Å². The van der Waals surface area contributed by atoms with Gasteiger partial charge >= 0.3 is 5.91 Å². The predicted octanol–water partition coefficient (Wildman–Crippen LogP) is 2.79. The number of carbonyl (C=O) groups excluding carboxylic acids is 2. The number of para-hydroxylation sites is 2. The fourth-order valence-electron chi connectivity index (χ4n) is 4.06. The first kappa shape index (κ1) is 20.4. The van der Waals surface area contributed by atoms with Gasteiger partial charge in [0.2, 0.25) is 0 Å². The molecule has 2 aromatic heterocycles. The van der Waals surface area contributed by atoms with Gasteiger partial charge in [-0.05, 0) is 50.1 Å². The monoisotopic (exact) mass is 436 g/mol. The maximum Gasteiger partial charge on any atom is 0.331 e. The number of imide groups is 1. The summed E-state index contributed by atoms with van der Waals surface area (Å²) in [6.07, 6.45) is 3.46. The Morgan fingerprint density at radius 3 is 2.09 bits per heavy atom. The van der Waals surface area contributed by atoms with Crippen LogP contribution in [0.2, 0.25) is 0 Å². The molecule has 2 aromatic carbocycles. The molecule has 7 nitrogen and oxygen atoms in total. The zero-order valence-corrected chi connectivity index (χ0v) is 18.1. The summed E-state index contributed by atoms with van der Waals surface area (Å²) < 4.78 is 2.87. The van der Waals surface area contributed by atoms with Gasteiger partial charge in [0.1, 0.15) is 5.57 Å². The smallest absolute Gasteiger partial charge is 0.331 e. The molecule has 0 unspecified atom stereocenters. The quantitative estimate of drug-likeness (QED) is 0.364. The Hall–Kier alpha value is -4.52. The van der Waals surface area contributed by atoms with Crippen LogP contribution >= 0.6 is 0 Å². The topological polar surface area (TPSA) is 82.1 Å². The van der Waals surface area contributed by atoms with E-state index in [4.69, 9.17) is 0 Å². The molecule has 3 heterocycles. The van der Waals surface area contributed by atoms with Crippen molar-refractivity contribution in [3.05, 3.63) is 102 Å². The van der Waals surface area contributed by atoms with Gasteiger partial charge in [0.15, 0.2) is 12.4 Å². The second-order valence-corrected chi connectivity index (χ2v) is 7.81. The predicted molar refractivity (Wildman–Crippen MR) is 121 cm³/mol. The van der Waals surface area contributed by atoms with Crippen LogP contribution in [0.4, 0.5) is 5.69 Å². The number of hydrogen-bond acceptors (Lipinski definition) is 4. The average molecular weight is 436 g/mol. The molecule has 0 radical (unpaired) electrons. The van der Waals surface area contributed by atoms with Crippen molar-refractivity contribution in [2.24, 2.45) is 0 Å². The standard InChI is InChI=1S/C26H20N4O3/c1-17-10-9-15-28(16-17)23-22(24(31)29(26(23)33)19-11-5-3-6-12-19)21-18(2)27-30(25(21)32)20-13-7-4-8-14-20/h3-16H,1-2H3. The summed E-state index contributed by atoms with van der Waals surface area (Å²) in [6, 6.07) is 21.4. The minimum Gasteiger partial charge on any atom is -0.858 e. The zero-order valence-electron chi connectivity index (χ0n) is 18.1. The highest BCUT2D eigenvalue weighted by Crippen LogP contribution is 2.38. The minimum absolute atomic E-state index is 0.0455. The van der Waals surface area contributed by atoms with Crippen molar-refractivity contribution in [1.82, 2.24) is 9.78 Å². The Balaban J connectivity index is 1.76. The Labute approximate surface area is 190 Å². The molecular formula is C26H20N4O3. The first-order valence-electron chi connectivity index (χ1n) is 10.5. The molecular weight excluding hydrogens is 416 g/mol. The highest BCUT2D eigenvalue weighted by Gasteiger charge is 2.47. The van der Waals surface area contributed by atoms with Crippen molar-refractivity contribution in [1.29, 1.82) is 0 Å². The lowest BCUT2D eigenvalue weighted by Crippen LogP contribution is -2.39. The van der Waals surface area contributed by atoms with E-state index in [0.29, 0.717) is 17.1 Å². The number of anilines is 1. The lowest BCUT2D eigenvalue weighted by Gasteiger charge is -2.15. The third-order valence-electron chi connectivity index (χ3n) is 5.55. The highest BCUT2D eigenvalue weighted by atomic mass is 16.3. The summed E-state index contributed by atoms with van der Waals surface area (Å²) in [5.74, 6) is -1.50. The maximum absolute atomic E-state index is 13.7. The van der Waals surface area contributed by atoms with E-state index < -0.39 is 17.7 Å². The van der Waals surface area contributed by atoms with Crippen LogP contribution in [-0.2, 0) is 9.59 Å². The van der Waals surface area contributed by atoms with Crippen molar-refractivity contribution >= 4 is 28.8 Å². The molecule has 4 aromatic rings. The molecule has 0 bridgehead atoms. The third kappa shape index (κ3) is 3.30. The van der Waals surface area contributed by atoms with Crippen LogP contribution in [0.1, 0.15) is 16.8 Å². The Bertz CT molecular complexity index is 1420. The molecule has 0 saturated carbocycles. The molecule has 0 N–H and O–H groups in total. The maximum atomic E-state index is 13.7. The van der Waals surface area contributed by atoms with Crippen LogP contribution in [-0.4, -0.2) is 21.6 Å². The minimum atomic E-state index is -0.553. The molecule has 7 heteroatoms. The Kier molecular flexibility index (Phi) is 4.86. The normalized spacial score (nSPS) is 13.8. The van der Waals surface area contributed by atoms with Crippen molar-refractivity contribution in [2.45, 2.75) is 13.8 Å². The van der Waals surface area contributed by atoms with E-state index in [1.54, 1.807) is 78.5 Å². The summed E-state index contributed by atoms with van der Waals surface area (Å²) >= 11 is 0. The number of amides is 2. The van der Waals surface area contributed by atoms with Crippen molar-refractivity contribution in [2.75, 3.05) is 4.90 Å². The van der Waals surface area contributed by atoms with E-state index >= 15 is 0 Å². The summed E-state index contributed by atoms with van der Waals surface area (Å²) in [5.41, 5.74) is 2.60. The largest absolute Gasteiger partial charge is 0.858 e. The summed E-state index contributed by atoms with van der Waals surface area (Å²) in [6.45, 7) is 3.56. The highest BCUT2D eigenvalue weighted by molar-refractivity contribution is 6.53. The van der Waals surface area contributed by atoms with E-state index in [-0.39, 0.29) is 16.8 Å². The van der Waals surface area contributed by atoms with E-state index in [1.807, 2.05) is 25.1 Å². The number of nitrogens with zero attached hydrogens (tertiary/aromatic N) is 4. The van der Waals surface area contributed by atoms with Gasteiger partial charge in [0.25, 0.3) is 11.6 Å². The first-order chi connectivity index (χ1) is 16.0. The van der Waals surface area contributed by atoms with Crippen LogP contribution in [0.3, 0.4) is 0 Å². The van der Waals surface area contributed by atoms with Crippen molar-refractivity contribution in [3.8, 4) is 11.6 Å². The number of benzene rings is 2. The second-order valence-electron chi connectivity index (χ2n) is 7.81. The molecule has 0 spiro atoms. The van der Waals surface area contributed by atoms with Gasteiger partial charge in [0, 0.05) is 17.2 Å². The number of rotatable bonds is 4. The van der Waals surface area contributed by atoms with E-state index in [2.05, 4.69) is 5.10 Å². The number of aryl methyl sites for hydroxylation is 2. The first-order valence-corrected chi connectivity index (χ1v) is 10.5. The Morgan fingerprint density at radius 2 is 1.45 bits per heavy atom. The van der Waals surface area contributed by atoms with Crippen LogP contribution in [0.25, 0.3) is 17.0 Å². The van der Waals surface area contributed by atoms with Gasteiger partial charge in [-0.25, -0.2) is 9.58 Å². The van der Waals surface area contributed by atoms with E-state index in [9.17, 15) is 14.7 Å². The molecule has 0 fully saturated rings. The van der Waals surface area contributed by atoms with Crippen LogP contribution < -0.4 is 14.6 Å². The number of carbonyl (C=O) groups is 2. The number of aromatic nitrogens is 3. The molecule has 33 heavy (non-hydrogen) atoms. The fourth-order valence-corrected chi connectivity index (χ4v) is 4.06. The molecule has 1 aliphatic heterocycles. The van der Waals surface area contributed by atoms with Gasteiger partial charge in [0.05, 0.1) is 17.1 Å². The summed E-state index contributed by atoms with van der Waals surface area (Å²) in [5, 5.41) is 17.9. The van der Waals surface area contributed by atoms with Gasteiger partial charge in [-0.1, -0.05) is 36.4 Å². The molecule has 0 atom stereocenters. The van der Waals surface area contributed by atoms with Crippen LogP contribution in [0.15, 0.2) is 85.2 Å². The molecule has 5 rings (SSSR count). The summed E-state index contributed by atoms with van der Waals surface area (Å²) in [4.78, 5) is 28.4. The fraction of sp³-hybridized carbons (Fsp3) is 0.0769. The van der Waals surface area contributed by atoms with Gasteiger partial charge in [-0.3, -0.25) is 9.59 Å². The van der Waals surface area contributed by atoms with Crippen LogP contribution in [0, 0.1) is 13.8 Å². The second kappa shape index (κ2) is 7.87. The van der Waals surface area contributed by atoms with E-state index in [1.165, 1.54) is 4.68 Å². The number of hydrogen-bond donors (Lipinski definition) is 0. The molecule has 0 aliphatic carbocycles. The molecule has 1 aliphatic rings. The average Bonchev–Trinajstić information content (AvgIpc) is 3.26. The summed E-state index contributed by atoms with van der Waals surface area (Å²) in [7, 11) is 0. The third-order valence-corrected chi connectivity index (χ3v) is 5.55. The van der Waals surface area contributed by atoms with Gasteiger partial charge in [-0.15, -0.1) is 0 Å². The van der Waals surface area contributed by atoms with Crippen molar-refractivity contribution in [3.63, 3.8) is 0 Å². The molecule has 2 amide bonds. The lowest BCUT2D eigenvalue weighted by atomic mass is 10.0. The van der Waals surface area contributed by atoms with Crippen LogP contribution in [0.5, 0.6) is 5.88 Å². The molecule has 0 saturated heterocycles. The van der Waals surface area contributed by atoms with E-state index in [0.717, 1.165) is 10.5 Å². The lowest BCUT2D eigenvalue weighted by molar-refractivity contribution is -0.577. The SMILES string of the molecule is Cc1ccc[n+](C2=C(c3c(C)nn(-c4ccccc4)c3[O-])C(=O)N(c3ccccc3)C2=O)c1. The molecule has 162 valence electrons. The van der Waals surface area contributed by atoms with Gasteiger partial charge < -0.3 is 5.11 Å².